The van der Waals surface area contributed by atoms with Gasteiger partial charge in [-0.05, 0) is 26.8 Å². The zero-order valence-corrected chi connectivity index (χ0v) is 11.2. The lowest BCUT2D eigenvalue weighted by atomic mass is 9.94. The van der Waals surface area contributed by atoms with Crippen molar-refractivity contribution < 1.29 is 4.74 Å². The summed E-state index contributed by atoms with van der Waals surface area (Å²) >= 11 is 0. The molecule has 0 saturated heterocycles. The molecule has 96 valence electrons. The minimum atomic E-state index is 0.400. The highest BCUT2D eigenvalue weighted by Crippen LogP contribution is 2.23. The molecule has 4 nitrogen and oxygen atoms in total. The van der Waals surface area contributed by atoms with E-state index in [0.717, 1.165) is 18.7 Å². The van der Waals surface area contributed by atoms with Crippen molar-refractivity contribution in [2.45, 2.75) is 46.1 Å². The molecule has 0 aliphatic carbocycles. The third-order valence-corrected chi connectivity index (χ3v) is 2.90. The number of aromatic nitrogens is 2. The van der Waals surface area contributed by atoms with E-state index >= 15 is 0 Å². The summed E-state index contributed by atoms with van der Waals surface area (Å²) in [6.45, 7) is 10.1. The lowest BCUT2D eigenvalue weighted by molar-refractivity contribution is 0.324. The molecule has 1 rings (SSSR count). The lowest BCUT2D eigenvalue weighted by Gasteiger charge is -2.23. The maximum Gasteiger partial charge on any atom is 0.216 e. The third-order valence-electron chi connectivity index (χ3n) is 2.90. The largest absolute Gasteiger partial charge is 0.478 e. The molecule has 0 amide bonds. The molecule has 0 fully saturated rings. The number of hydrogen-bond donors (Lipinski definition) is 1. The highest BCUT2D eigenvalue weighted by atomic mass is 16.5. The van der Waals surface area contributed by atoms with Crippen molar-refractivity contribution in [2.75, 3.05) is 13.2 Å². The minimum Gasteiger partial charge on any atom is -0.478 e. The molecule has 0 aliphatic rings. The lowest BCUT2D eigenvalue weighted by Crippen LogP contribution is -2.32. The Bertz CT molecular complexity index is 330. The van der Waals surface area contributed by atoms with Gasteiger partial charge in [-0.3, -0.25) is 0 Å². The van der Waals surface area contributed by atoms with Gasteiger partial charge in [0.05, 0.1) is 12.3 Å². The summed E-state index contributed by atoms with van der Waals surface area (Å²) < 4.78 is 5.41. The van der Waals surface area contributed by atoms with Crippen LogP contribution in [-0.2, 0) is 0 Å². The number of likely N-dealkylation sites (N-methyl/N-ethyl adjacent to an activating group) is 1. The number of hydrogen-bond acceptors (Lipinski definition) is 4. The van der Waals surface area contributed by atoms with Crippen LogP contribution in [0.2, 0.25) is 0 Å². The fourth-order valence-electron chi connectivity index (χ4n) is 2.07. The fraction of sp³-hybridized carbons (Fsp3) is 0.692. The molecule has 0 spiro atoms. The molecule has 1 N–H and O–H groups in total. The second kappa shape index (κ2) is 7.22. The molecule has 0 bridgehead atoms. The predicted octanol–water partition coefficient (Wildman–Crippen LogP) is 2.37. The molecule has 4 heteroatoms. The summed E-state index contributed by atoms with van der Waals surface area (Å²) in [4.78, 5) is 8.46. The highest BCUT2D eigenvalue weighted by molar-refractivity contribution is 5.18. The molecule has 2 unspecified atom stereocenters. The van der Waals surface area contributed by atoms with Crippen LogP contribution in [0.3, 0.4) is 0 Å². The van der Waals surface area contributed by atoms with Crippen LogP contribution >= 0.6 is 0 Å². The van der Waals surface area contributed by atoms with E-state index in [-0.39, 0.29) is 0 Å². The molecule has 2 atom stereocenters. The highest BCUT2D eigenvalue weighted by Gasteiger charge is 2.18. The van der Waals surface area contributed by atoms with E-state index in [1.807, 2.05) is 13.0 Å². The summed E-state index contributed by atoms with van der Waals surface area (Å²) in [5.41, 5.74) is 1.06. The van der Waals surface area contributed by atoms with Gasteiger partial charge >= 0.3 is 0 Å². The van der Waals surface area contributed by atoms with Gasteiger partial charge in [0.15, 0.2) is 0 Å². The monoisotopic (exact) mass is 237 g/mol. The Labute approximate surface area is 104 Å². The van der Waals surface area contributed by atoms with E-state index < -0.39 is 0 Å². The molecule has 1 aromatic rings. The average Bonchev–Trinajstić information content (AvgIpc) is 2.31. The Morgan fingerprint density at radius 3 is 2.65 bits per heavy atom. The number of nitrogens with one attached hydrogen (secondary N) is 1. The molecule has 0 aliphatic heterocycles. The molecule has 17 heavy (non-hydrogen) atoms. The first-order valence-electron chi connectivity index (χ1n) is 6.40. The van der Waals surface area contributed by atoms with E-state index in [1.54, 1.807) is 6.33 Å². The fourth-order valence-corrected chi connectivity index (χ4v) is 2.07. The zero-order valence-electron chi connectivity index (χ0n) is 11.2. The van der Waals surface area contributed by atoms with Gasteiger partial charge in [-0.2, -0.15) is 0 Å². The Morgan fingerprint density at radius 1 is 1.29 bits per heavy atom. The topological polar surface area (TPSA) is 47.0 Å². The normalized spacial score (nSPS) is 14.4. The Kier molecular flexibility index (Phi) is 5.91. The van der Waals surface area contributed by atoms with Gasteiger partial charge in [0.25, 0.3) is 0 Å². The molecule has 1 aromatic heterocycles. The van der Waals surface area contributed by atoms with E-state index in [1.165, 1.54) is 0 Å². The first-order chi connectivity index (χ1) is 8.22. The van der Waals surface area contributed by atoms with Crippen molar-refractivity contribution in [3.63, 3.8) is 0 Å². The van der Waals surface area contributed by atoms with Crippen LogP contribution in [0.4, 0.5) is 0 Å². The van der Waals surface area contributed by atoms with Crippen LogP contribution in [0.25, 0.3) is 0 Å². The average molecular weight is 237 g/mol. The SMILES string of the molecule is CCNC(C)C(CC)c1cc(OCC)ncn1. The maximum absolute atomic E-state index is 5.41. The standard InChI is InChI=1S/C13H23N3O/c1-5-11(10(4)14-6-2)12-8-13(17-7-3)16-9-15-12/h8-11,14H,5-7H2,1-4H3. The number of ether oxygens (including phenoxy) is 1. The first-order valence-corrected chi connectivity index (χ1v) is 6.40. The van der Waals surface area contributed by atoms with Crippen LogP contribution in [0.15, 0.2) is 12.4 Å². The molecule has 0 radical (unpaired) electrons. The molecular weight excluding hydrogens is 214 g/mol. The van der Waals surface area contributed by atoms with E-state index in [0.29, 0.717) is 24.4 Å². The Morgan fingerprint density at radius 2 is 2.06 bits per heavy atom. The van der Waals surface area contributed by atoms with Crippen molar-refractivity contribution in [2.24, 2.45) is 0 Å². The smallest absolute Gasteiger partial charge is 0.216 e. The van der Waals surface area contributed by atoms with Crippen LogP contribution < -0.4 is 10.1 Å². The molecule has 1 heterocycles. The Hall–Kier alpha value is -1.16. The minimum absolute atomic E-state index is 0.400. The first kappa shape index (κ1) is 13.9. The second-order valence-corrected chi connectivity index (χ2v) is 4.08. The van der Waals surface area contributed by atoms with Gasteiger partial charge < -0.3 is 10.1 Å². The quantitative estimate of drug-likeness (QED) is 0.791. The van der Waals surface area contributed by atoms with Crippen molar-refractivity contribution in [1.29, 1.82) is 0 Å². The van der Waals surface area contributed by atoms with Crippen molar-refractivity contribution in [3.05, 3.63) is 18.1 Å². The predicted molar refractivity (Wildman–Crippen MR) is 69.4 cm³/mol. The third kappa shape index (κ3) is 3.97. The van der Waals surface area contributed by atoms with Gasteiger partial charge in [0.1, 0.15) is 6.33 Å². The van der Waals surface area contributed by atoms with Gasteiger partial charge in [-0.15, -0.1) is 0 Å². The van der Waals surface area contributed by atoms with Gasteiger partial charge in [-0.1, -0.05) is 13.8 Å². The zero-order chi connectivity index (χ0) is 12.7. The van der Waals surface area contributed by atoms with Gasteiger partial charge in [0.2, 0.25) is 5.88 Å². The summed E-state index contributed by atoms with van der Waals surface area (Å²) in [5.74, 6) is 1.07. The van der Waals surface area contributed by atoms with Gasteiger partial charge in [-0.25, -0.2) is 9.97 Å². The number of nitrogens with zero attached hydrogens (tertiary/aromatic N) is 2. The van der Waals surface area contributed by atoms with Crippen molar-refractivity contribution in [1.82, 2.24) is 15.3 Å². The van der Waals surface area contributed by atoms with Crippen LogP contribution in [-0.4, -0.2) is 29.2 Å². The maximum atomic E-state index is 5.41. The molecular formula is C13H23N3O. The van der Waals surface area contributed by atoms with Crippen LogP contribution in [0, 0.1) is 0 Å². The summed E-state index contributed by atoms with van der Waals surface area (Å²) in [7, 11) is 0. The summed E-state index contributed by atoms with van der Waals surface area (Å²) in [5, 5.41) is 3.45. The molecule has 0 saturated carbocycles. The van der Waals surface area contributed by atoms with Crippen LogP contribution in [0.5, 0.6) is 5.88 Å². The van der Waals surface area contributed by atoms with E-state index in [9.17, 15) is 0 Å². The second-order valence-electron chi connectivity index (χ2n) is 4.08. The molecule has 0 aromatic carbocycles. The van der Waals surface area contributed by atoms with Gasteiger partial charge in [0, 0.05) is 18.0 Å². The summed E-state index contributed by atoms with van der Waals surface area (Å²) in [6, 6.07) is 2.36. The van der Waals surface area contributed by atoms with Crippen LogP contribution in [0.1, 0.15) is 45.7 Å². The number of rotatable bonds is 7. The Balaban J connectivity index is 2.83. The van der Waals surface area contributed by atoms with Crippen molar-refractivity contribution in [3.8, 4) is 5.88 Å². The summed E-state index contributed by atoms with van der Waals surface area (Å²) in [6.07, 6.45) is 2.64. The van der Waals surface area contributed by atoms with E-state index in [2.05, 4.69) is 36.1 Å². The van der Waals surface area contributed by atoms with Crippen molar-refractivity contribution >= 4 is 0 Å². The van der Waals surface area contributed by atoms with E-state index in [4.69, 9.17) is 4.74 Å².